The van der Waals surface area contributed by atoms with Crippen LogP contribution in [0.1, 0.15) is 12.0 Å². The summed E-state index contributed by atoms with van der Waals surface area (Å²) in [6.45, 7) is 4.55. The van der Waals surface area contributed by atoms with E-state index in [4.69, 9.17) is 4.74 Å². The second kappa shape index (κ2) is 10.7. The van der Waals surface area contributed by atoms with Crippen molar-refractivity contribution in [3.63, 3.8) is 0 Å². The molecule has 0 atom stereocenters. The Morgan fingerprint density at radius 1 is 1.16 bits per heavy atom. The Bertz CT molecular complexity index is 336. The van der Waals surface area contributed by atoms with Gasteiger partial charge in [-0.25, -0.2) is 0 Å². The number of benzene rings is 1. The smallest absolute Gasteiger partial charge is 0.0651 e. The lowest BCUT2D eigenvalue weighted by Crippen LogP contribution is -2.24. The number of hydrogen-bond acceptors (Lipinski definition) is 3. The topological polar surface area (TPSA) is 24.5 Å². The molecule has 0 unspecified atom stereocenters. The van der Waals surface area contributed by atoms with Crippen LogP contribution >= 0.6 is 0 Å². The van der Waals surface area contributed by atoms with Crippen LogP contribution in [0.25, 0.3) is 6.08 Å². The van der Waals surface area contributed by atoms with Crippen LogP contribution in [0, 0.1) is 0 Å². The standard InChI is InChI=1S/C16H26N2O/c1-18(2)13-7-11-17-12-15-19-14-6-10-16-8-4-3-5-9-16/h3-6,8-10,17H,7,11-15H2,1-2H3. The monoisotopic (exact) mass is 262 g/mol. The summed E-state index contributed by atoms with van der Waals surface area (Å²) in [6, 6.07) is 10.3. The van der Waals surface area contributed by atoms with E-state index in [2.05, 4.69) is 48.6 Å². The van der Waals surface area contributed by atoms with Crippen LogP contribution in [0.5, 0.6) is 0 Å². The summed E-state index contributed by atoms with van der Waals surface area (Å²) >= 11 is 0. The van der Waals surface area contributed by atoms with Crippen molar-refractivity contribution >= 4 is 6.08 Å². The predicted octanol–water partition coefficient (Wildman–Crippen LogP) is 2.26. The molecule has 1 rings (SSSR count). The molecule has 0 saturated carbocycles. The van der Waals surface area contributed by atoms with Gasteiger partial charge in [0.2, 0.25) is 0 Å². The van der Waals surface area contributed by atoms with E-state index in [9.17, 15) is 0 Å². The molecule has 0 amide bonds. The molecule has 1 aromatic rings. The maximum atomic E-state index is 5.52. The molecule has 3 nitrogen and oxygen atoms in total. The second-order valence-electron chi connectivity index (χ2n) is 4.79. The maximum absolute atomic E-state index is 5.52. The number of ether oxygens (including phenoxy) is 1. The molecule has 19 heavy (non-hydrogen) atoms. The Morgan fingerprint density at radius 3 is 2.68 bits per heavy atom. The van der Waals surface area contributed by atoms with Gasteiger partial charge in [-0.15, -0.1) is 0 Å². The highest BCUT2D eigenvalue weighted by Gasteiger charge is 1.91. The SMILES string of the molecule is CN(C)CCCNCCOCC=Cc1ccccc1. The van der Waals surface area contributed by atoms with Crippen LogP contribution in [0.3, 0.4) is 0 Å². The fourth-order valence-electron chi connectivity index (χ4n) is 1.69. The highest BCUT2D eigenvalue weighted by Crippen LogP contribution is 2.00. The van der Waals surface area contributed by atoms with Crippen molar-refractivity contribution in [2.24, 2.45) is 0 Å². The fourth-order valence-corrected chi connectivity index (χ4v) is 1.69. The molecule has 0 radical (unpaired) electrons. The Labute approximate surface area is 117 Å². The minimum Gasteiger partial charge on any atom is -0.376 e. The molecule has 0 aromatic heterocycles. The summed E-state index contributed by atoms with van der Waals surface area (Å²) in [4.78, 5) is 2.20. The Balaban J connectivity index is 1.90. The van der Waals surface area contributed by atoms with E-state index >= 15 is 0 Å². The van der Waals surface area contributed by atoms with Crippen molar-refractivity contribution in [3.8, 4) is 0 Å². The Kier molecular flexibility index (Phi) is 8.98. The van der Waals surface area contributed by atoms with Gasteiger partial charge in [-0.2, -0.15) is 0 Å². The van der Waals surface area contributed by atoms with Crippen molar-refractivity contribution in [3.05, 3.63) is 42.0 Å². The van der Waals surface area contributed by atoms with Gasteiger partial charge in [-0.3, -0.25) is 0 Å². The molecular weight excluding hydrogens is 236 g/mol. The van der Waals surface area contributed by atoms with E-state index in [1.807, 2.05) is 18.2 Å². The summed E-state index contributed by atoms with van der Waals surface area (Å²) in [6.07, 6.45) is 5.33. The van der Waals surface area contributed by atoms with Crippen molar-refractivity contribution in [1.82, 2.24) is 10.2 Å². The zero-order valence-corrected chi connectivity index (χ0v) is 12.1. The molecule has 0 aliphatic rings. The molecule has 0 bridgehead atoms. The van der Waals surface area contributed by atoms with E-state index in [1.165, 1.54) is 12.0 Å². The van der Waals surface area contributed by atoms with Crippen LogP contribution < -0.4 is 5.32 Å². The minimum atomic E-state index is 0.675. The van der Waals surface area contributed by atoms with Gasteiger partial charge in [0.1, 0.15) is 0 Å². The first kappa shape index (κ1) is 15.9. The second-order valence-corrected chi connectivity index (χ2v) is 4.79. The van der Waals surface area contributed by atoms with E-state index in [0.717, 1.165) is 26.2 Å². The normalized spacial score (nSPS) is 11.5. The van der Waals surface area contributed by atoms with Crippen LogP contribution in [-0.4, -0.2) is 51.8 Å². The quantitative estimate of drug-likeness (QED) is 0.655. The fraction of sp³-hybridized carbons (Fsp3) is 0.500. The molecule has 0 fully saturated rings. The molecule has 3 heteroatoms. The molecule has 0 spiro atoms. The van der Waals surface area contributed by atoms with Crippen LogP contribution in [0.4, 0.5) is 0 Å². The third-order valence-corrected chi connectivity index (χ3v) is 2.71. The lowest BCUT2D eigenvalue weighted by atomic mass is 10.2. The van der Waals surface area contributed by atoms with Crippen molar-refractivity contribution in [2.75, 3.05) is 46.9 Å². The van der Waals surface area contributed by atoms with Gasteiger partial charge in [-0.05, 0) is 39.2 Å². The van der Waals surface area contributed by atoms with Crippen molar-refractivity contribution in [1.29, 1.82) is 0 Å². The predicted molar refractivity (Wildman–Crippen MR) is 82.3 cm³/mol. The number of rotatable bonds is 10. The molecule has 1 aromatic carbocycles. The van der Waals surface area contributed by atoms with Gasteiger partial charge in [-0.1, -0.05) is 42.5 Å². The number of hydrogen-bond donors (Lipinski definition) is 1. The molecule has 1 N–H and O–H groups in total. The molecule has 0 saturated heterocycles. The molecule has 106 valence electrons. The summed E-state index contributed by atoms with van der Waals surface area (Å²) in [5.41, 5.74) is 1.22. The van der Waals surface area contributed by atoms with E-state index < -0.39 is 0 Å². The van der Waals surface area contributed by atoms with Gasteiger partial charge in [0.05, 0.1) is 13.2 Å². The first-order chi connectivity index (χ1) is 9.29. The Morgan fingerprint density at radius 2 is 1.95 bits per heavy atom. The highest BCUT2D eigenvalue weighted by atomic mass is 16.5. The highest BCUT2D eigenvalue weighted by molar-refractivity contribution is 5.48. The largest absolute Gasteiger partial charge is 0.376 e. The van der Waals surface area contributed by atoms with Crippen LogP contribution in [-0.2, 0) is 4.74 Å². The zero-order chi connectivity index (χ0) is 13.8. The van der Waals surface area contributed by atoms with Gasteiger partial charge >= 0.3 is 0 Å². The van der Waals surface area contributed by atoms with Gasteiger partial charge in [0.15, 0.2) is 0 Å². The van der Waals surface area contributed by atoms with Gasteiger partial charge in [0, 0.05) is 6.54 Å². The van der Waals surface area contributed by atoms with Gasteiger partial charge < -0.3 is 15.0 Å². The lowest BCUT2D eigenvalue weighted by Gasteiger charge is -2.09. The number of nitrogens with zero attached hydrogens (tertiary/aromatic N) is 1. The summed E-state index contributed by atoms with van der Waals surface area (Å²) in [7, 11) is 4.20. The average Bonchev–Trinajstić information content (AvgIpc) is 2.42. The third-order valence-electron chi connectivity index (χ3n) is 2.71. The first-order valence-electron chi connectivity index (χ1n) is 6.94. The molecule has 0 heterocycles. The van der Waals surface area contributed by atoms with E-state index in [0.29, 0.717) is 6.61 Å². The van der Waals surface area contributed by atoms with Crippen molar-refractivity contribution in [2.45, 2.75) is 6.42 Å². The van der Waals surface area contributed by atoms with Gasteiger partial charge in [0.25, 0.3) is 0 Å². The van der Waals surface area contributed by atoms with Crippen molar-refractivity contribution < 1.29 is 4.74 Å². The molecule has 0 aliphatic carbocycles. The van der Waals surface area contributed by atoms with Crippen LogP contribution in [0.15, 0.2) is 36.4 Å². The average molecular weight is 262 g/mol. The van der Waals surface area contributed by atoms with E-state index in [1.54, 1.807) is 0 Å². The molecule has 0 aliphatic heterocycles. The maximum Gasteiger partial charge on any atom is 0.0651 e. The third kappa shape index (κ3) is 9.42. The van der Waals surface area contributed by atoms with E-state index in [-0.39, 0.29) is 0 Å². The summed E-state index contributed by atoms with van der Waals surface area (Å²) in [5, 5.41) is 3.37. The summed E-state index contributed by atoms with van der Waals surface area (Å²) < 4.78 is 5.52. The first-order valence-corrected chi connectivity index (χ1v) is 6.94. The lowest BCUT2D eigenvalue weighted by molar-refractivity contribution is 0.164. The summed E-state index contributed by atoms with van der Waals surface area (Å²) in [5.74, 6) is 0. The zero-order valence-electron chi connectivity index (χ0n) is 12.1. The van der Waals surface area contributed by atoms with Crippen LogP contribution in [0.2, 0.25) is 0 Å². The minimum absolute atomic E-state index is 0.675. The molecular formula is C16H26N2O. The number of nitrogens with one attached hydrogen (secondary N) is 1. The Hall–Kier alpha value is -1.16.